The van der Waals surface area contributed by atoms with Crippen molar-refractivity contribution in [3.63, 3.8) is 0 Å². The smallest absolute Gasteiger partial charge is 0.195 e. The molecular weight excluding hydrogens is 393 g/mol. The molecule has 2 nitrogen and oxygen atoms in total. The number of thiazole rings is 1. The first-order chi connectivity index (χ1) is 14.3. The Morgan fingerprint density at radius 2 is 1.28 bits per heavy atom. The average Bonchev–Trinajstić information content (AvgIpc) is 3.34. The van der Waals surface area contributed by atoms with E-state index in [0.29, 0.717) is 11.4 Å². The van der Waals surface area contributed by atoms with Gasteiger partial charge in [-0.2, -0.15) is 0 Å². The van der Waals surface area contributed by atoms with E-state index in [0.717, 1.165) is 0 Å². The molecule has 0 aliphatic rings. The summed E-state index contributed by atoms with van der Waals surface area (Å²) in [7, 11) is -2.04. The van der Waals surface area contributed by atoms with Crippen molar-refractivity contribution in [3.8, 4) is 0 Å². The fourth-order valence-electron chi connectivity index (χ4n) is 3.46. The molecule has 0 radical (unpaired) electrons. The maximum Gasteiger partial charge on any atom is 0.195 e. The molecule has 0 bridgehead atoms. The largest absolute Gasteiger partial charge is 0.291 e. The van der Waals surface area contributed by atoms with E-state index in [1.807, 2.05) is 29.7 Å². The van der Waals surface area contributed by atoms with Crippen LogP contribution in [-0.2, 0) is 0 Å². The van der Waals surface area contributed by atoms with Crippen LogP contribution in [0.3, 0.4) is 0 Å². The predicted molar refractivity (Wildman–Crippen MR) is 125 cm³/mol. The van der Waals surface area contributed by atoms with Crippen LogP contribution in [0.15, 0.2) is 114 Å². The molecule has 1 heterocycles. The van der Waals surface area contributed by atoms with Gasteiger partial charge in [0.2, 0.25) is 0 Å². The van der Waals surface area contributed by atoms with Crippen molar-refractivity contribution in [1.82, 2.24) is 4.98 Å². The Hall–Kier alpha value is -2.87. The van der Waals surface area contributed by atoms with Crippen LogP contribution in [0.4, 0.5) is 0 Å². The number of Topliss-reactive ketones (excluding diaryl/α,β-unsaturated/α-hetero) is 1. The Morgan fingerprint density at radius 3 is 1.69 bits per heavy atom. The van der Waals surface area contributed by atoms with Gasteiger partial charge in [0, 0.05) is 18.0 Å². The van der Waals surface area contributed by atoms with Gasteiger partial charge in [-0.25, -0.2) is 4.98 Å². The minimum Gasteiger partial charge on any atom is -0.291 e. The second-order valence-corrected chi connectivity index (χ2v) is 10.8. The number of nitrogens with zero attached hydrogens (tertiary/aromatic N) is 1. The number of allylic oxidation sites excluding steroid dienone is 1. The van der Waals surface area contributed by atoms with Crippen LogP contribution in [0, 0.1) is 0 Å². The third kappa shape index (κ3) is 4.12. The zero-order valence-corrected chi connectivity index (χ0v) is 17.6. The summed E-state index contributed by atoms with van der Waals surface area (Å²) < 4.78 is 0. The molecule has 1 aromatic heterocycles. The lowest BCUT2D eigenvalue weighted by Crippen LogP contribution is -2.29. The van der Waals surface area contributed by atoms with E-state index in [4.69, 9.17) is 0 Å². The van der Waals surface area contributed by atoms with Gasteiger partial charge in [-0.15, -0.1) is 11.3 Å². The number of carbonyl (C=O) groups is 1. The topological polar surface area (TPSA) is 30.0 Å². The summed E-state index contributed by atoms with van der Waals surface area (Å²) in [5.41, 5.74) is 0. The number of aromatic nitrogens is 1. The normalized spacial score (nSPS) is 11.6. The number of ketones is 1. The number of carbonyl (C=O) groups excluding carboxylic acids is 1. The second-order valence-electron chi connectivity index (χ2n) is 6.58. The molecule has 0 spiro atoms. The van der Waals surface area contributed by atoms with Crippen LogP contribution in [0.2, 0.25) is 0 Å². The summed E-state index contributed by atoms with van der Waals surface area (Å²) in [6.07, 6.45) is 4.06. The van der Waals surface area contributed by atoms with Crippen molar-refractivity contribution >= 4 is 40.3 Å². The van der Waals surface area contributed by atoms with Crippen LogP contribution in [0.25, 0.3) is 0 Å². The molecule has 3 aromatic carbocycles. The summed E-state index contributed by atoms with van der Waals surface area (Å²) in [6, 6.07) is 31.8. The second kappa shape index (κ2) is 9.09. The van der Waals surface area contributed by atoms with E-state index < -0.39 is 7.26 Å². The van der Waals surface area contributed by atoms with Crippen molar-refractivity contribution in [2.75, 3.05) is 0 Å². The van der Waals surface area contributed by atoms with Crippen LogP contribution in [0.5, 0.6) is 0 Å². The number of hydrogen-bond acceptors (Lipinski definition) is 3. The van der Waals surface area contributed by atoms with Crippen molar-refractivity contribution < 1.29 is 4.79 Å². The molecule has 4 aromatic rings. The van der Waals surface area contributed by atoms with Gasteiger partial charge in [0.15, 0.2) is 10.8 Å². The van der Waals surface area contributed by atoms with Gasteiger partial charge in [-0.1, -0.05) is 54.6 Å². The highest BCUT2D eigenvalue weighted by molar-refractivity contribution is 7.98. The molecule has 0 unspecified atom stereocenters. The predicted octanol–water partition coefficient (Wildman–Crippen LogP) is 5.22. The van der Waals surface area contributed by atoms with Gasteiger partial charge < -0.3 is 0 Å². The molecule has 0 atom stereocenters. The van der Waals surface area contributed by atoms with Crippen molar-refractivity contribution in [1.29, 1.82) is 0 Å². The lowest BCUT2D eigenvalue weighted by atomic mass is 10.3. The quantitative estimate of drug-likeness (QED) is 0.306. The van der Waals surface area contributed by atoms with Crippen LogP contribution in [0.1, 0.15) is 16.2 Å². The Balaban J connectivity index is 1.84. The molecule has 4 rings (SSSR count). The SMILES string of the molecule is O=C(CC=C[P+](c1ccccc1)(c1ccccc1)c1ccccc1)c1nccs1. The van der Waals surface area contributed by atoms with Crippen molar-refractivity contribution in [2.45, 2.75) is 6.42 Å². The molecular formula is C25H21NOPS+. The van der Waals surface area contributed by atoms with E-state index in [1.54, 1.807) is 6.20 Å². The maximum atomic E-state index is 12.5. The van der Waals surface area contributed by atoms with Crippen molar-refractivity contribution in [2.24, 2.45) is 0 Å². The fourth-order valence-corrected chi connectivity index (χ4v) is 7.81. The summed E-state index contributed by atoms with van der Waals surface area (Å²) in [6.45, 7) is 0. The number of hydrogen-bond donors (Lipinski definition) is 0. The van der Waals surface area contributed by atoms with E-state index in [1.165, 1.54) is 27.3 Å². The van der Waals surface area contributed by atoms with Gasteiger partial charge in [-0.3, -0.25) is 4.79 Å². The standard InChI is InChI=1S/C25H21NOPS/c27-24(25-26-18-20-29-25)17-10-19-28(21-11-4-1-5-12-21,22-13-6-2-7-14-22)23-15-8-3-9-16-23/h1-16,18-20H,17H2/q+1. The third-order valence-electron chi connectivity index (χ3n) is 4.79. The van der Waals surface area contributed by atoms with Crippen LogP contribution >= 0.6 is 18.6 Å². The van der Waals surface area contributed by atoms with Gasteiger partial charge in [0.1, 0.15) is 23.2 Å². The minimum atomic E-state index is -2.04. The zero-order valence-electron chi connectivity index (χ0n) is 15.9. The monoisotopic (exact) mass is 414 g/mol. The summed E-state index contributed by atoms with van der Waals surface area (Å²) in [4.78, 5) is 16.7. The Morgan fingerprint density at radius 1 is 0.793 bits per heavy atom. The number of benzene rings is 3. The first-order valence-electron chi connectivity index (χ1n) is 9.47. The molecule has 0 saturated carbocycles. The van der Waals surface area contributed by atoms with E-state index in [-0.39, 0.29) is 5.78 Å². The first-order valence-corrected chi connectivity index (χ1v) is 12.2. The molecule has 0 aliphatic carbocycles. The minimum absolute atomic E-state index is 0.0588. The Labute approximate surface area is 175 Å². The Kier molecular flexibility index (Phi) is 6.09. The van der Waals surface area contributed by atoms with Crippen molar-refractivity contribution in [3.05, 3.63) is 119 Å². The summed E-state index contributed by atoms with van der Waals surface area (Å²) in [5.74, 6) is 2.34. The number of rotatable bonds is 7. The van der Waals surface area contributed by atoms with Gasteiger partial charge >= 0.3 is 0 Å². The van der Waals surface area contributed by atoms with E-state index in [2.05, 4.69) is 83.6 Å². The highest BCUT2D eigenvalue weighted by Crippen LogP contribution is 2.56. The molecule has 0 amide bonds. The summed E-state index contributed by atoms with van der Waals surface area (Å²) in [5, 5.41) is 6.23. The summed E-state index contributed by atoms with van der Waals surface area (Å²) >= 11 is 1.39. The molecule has 0 N–H and O–H groups in total. The maximum absolute atomic E-state index is 12.5. The van der Waals surface area contributed by atoms with Gasteiger partial charge in [0.25, 0.3) is 0 Å². The van der Waals surface area contributed by atoms with Gasteiger partial charge in [-0.05, 0) is 42.5 Å². The first kappa shape index (κ1) is 19.4. The van der Waals surface area contributed by atoms with E-state index in [9.17, 15) is 4.79 Å². The van der Waals surface area contributed by atoms with Crippen LogP contribution < -0.4 is 15.9 Å². The fraction of sp³-hybridized carbons (Fsp3) is 0.0400. The lowest BCUT2D eigenvalue weighted by molar-refractivity contribution is 0.0995. The molecule has 29 heavy (non-hydrogen) atoms. The third-order valence-corrected chi connectivity index (χ3v) is 9.60. The molecule has 4 heteroatoms. The van der Waals surface area contributed by atoms with Gasteiger partial charge in [0.05, 0.1) is 5.82 Å². The highest BCUT2D eigenvalue weighted by Gasteiger charge is 2.43. The molecule has 0 aliphatic heterocycles. The van der Waals surface area contributed by atoms with Crippen LogP contribution in [-0.4, -0.2) is 10.8 Å². The lowest BCUT2D eigenvalue weighted by Gasteiger charge is -2.24. The molecule has 0 saturated heterocycles. The highest BCUT2D eigenvalue weighted by atomic mass is 32.1. The molecule has 142 valence electrons. The zero-order chi connectivity index (χ0) is 19.9. The average molecular weight is 414 g/mol. The Bertz CT molecular complexity index is 981. The molecule has 0 fully saturated rings. The van der Waals surface area contributed by atoms with E-state index >= 15 is 0 Å².